The van der Waals surface area contributed by atoms with Crippen molar-refractivity contribution in [2.75, 3.05) is 7.11 Å². The third-order valence-corrected chi connectivity index (χ3v) is 5.04. The maximum atomic E-state index is 6.49. The van der Waals surface area contributed by atoms with Crippen molar-refractivity contribution in [3.63, 3.8) is 0 Å². The molecule has 0 atom stereocenters. The number of pyridine rings is 1. The second-order valence-corrected chi connectivity index (χ2v) is 6.43. The number of rotatable bonds is 3. The first kappa shape index (κ1) is 13.0. The largest absolute Gasteiger partial charge is 0.494 e. The van der Waals surface area contributed by atoms with E-state index >= 15 is 0 Å². The Morgan fingerprint density at radius 3 is 2.95 bits per heavy atom. The highest BCUT2D eigenvalue weighted by atomic mass is 35.5. The van der Waals surface area contributed by atoms with E-state index in [0.29, 0.717) is 16.7 Å². The van der Waals surface area contributed by atoms with E-state index in [2.05, 4.69) is 10.4 Å². The molecular formula is C16H13ClN2OS. The first-order chi connectivity index (χ1) is 10.3. The highest BCUT2D eigenvalue weighted by Crippen LogP contribution is 2.43. The van der Waals surface area contributed by atoms with Gasteiger partial charge in [-0.2, -0.15) is 0 Å². The van der Waals surface area contributed by atoms with Crippen LogP contribution in [0.3, 0.4) is 0 Å². The lowest BCUT2D eigenvalue weighted by Crippen LogP contribution is -1.90. The molecule has 1 fully saturated rings. The topological polar surface area (TPSA) is 35.0 Å². The van der Waals surface area contributed by atoms with E-state index in [-0.39, 0.29) is 0 Å². The molecule has 2 heterocycles. The summed E-state index contributed by atoms with van der Waals surface area (Å²) in [5.74, 6) is 1.25. The van der Waals surface area contributed by atoms with Crippen molar-refractivity contribution in [3.8, 4) is 16.3 Å². The Morgan fingerprint density at radius 2 is 2.19 bits per heavy atom. The highest BCUT2D eigenvalue weighted by Gasteiger charge is 2.26. The van der Waals surface area contributed by atoms with Gasteiger partial charge in [-0.25, -0.2) is 4.98 Å². The van der Waals surface area contributed by atoms with Crippen LogP contribution in [0, 0.1) is 0 Å². The molecule has 1 saturated carbocycles. The van der Waals surface area contributed by atoms with E-state index in [1.807, 2.05) is 18.2 Å². The fraction of sp³-hybridized carbons (Fsp3) is 0.250. The molecule has 0 radical (unpaired) electrons. The normalized spacial score (nSPS) is 14.6. The lowest BCUT2D eigenvalue weighted by Gasteiger charge is -2.08. The average molecular weight is 317 g/mol. The quantitative estimate of drug-likeness (QED) is 0.689. The SMILES string of the molecule is COc1cnc2cccc(-c3nc(C4CC4)cs3)c2c1Cl. The first-order valence-electron chi connectivity index (χ1n) is 6.85. The van der Waals surface area contributed by atoms with Gasteiger partial charge >= 0.3 is 0 Å². The molecule has 0 saturated heterocycles. The van der Waals surface area contributed by atoms with Gasteiger partial charge in [-0.05, 0) is 18.9 Å². The number of ether oxygens (including phenoxy) is 1. The van der Waals surface area contributed by atoms with Crippen LogP contribution in [-0.4, -0.2) is 17.1 Å². The van der Waals surface area contributed by atoms with Crippen LogP contribution in [0.1, 0.15) is 24.5 Å². The van der Waals surface area contributed by atoms with Gasteiger partial charge in [0, 0.05) is 22.2 Å². The van der Waals surface area contributed by atoms with E-state index in [1.165, 1.54) is 18.5 Å². The second kappa shape index (κ2) is 4.97. The van der Waals surface area contributed by atoms with Gasteiger partial charge in [0.15, 0.2) is 5.75 Å². The van der Waals surface area contributed by atoms with Gasteiger partial charge in [0.2, 0.25) is 0 Å². The van der Waals surface area contributed by atoms with E-state index in [9.17, 15) is 0 Å². The smallest absolute Gasteiger partial charge is 0.156 e. The molecule has 0 spiro atoms. The molecule has 0 N–H and O–H groups in total. The minimum absolute atomic E-state index is 0.593. The van der Waals surface area contributed by atoms with E-state index in [0.717, 1.165) is 21.5 Å². The molecule has 21 heavy (non-hydrogen) atoms. The molecule has 0 amide bonds. The molecule has 3 aromatic rings. The second-order valence-electron chi connectivity index (χ2n) is 5.19. The first-order valence-corrected chi connectivity index (χ1v) is 8.10. The number of thiazole rings is 1. The zero-order valence-corrected chi connectivity index (χ0v) is 13.0. The summed E-state index contributed by atoms with van der Waals surface area (Å²) in [5.41, 5.74) is 3.10. The van der Waals surface area contributed by atoms with Gasteiger partial charge < -0.3 is 4.74 Å². The maximum absolute atomic E-state index is 6.49. The van der Waals surface area contributed by atoms with Gasteiger partial charge in [-0.1, -0.05) is 23.7 Å². The van der Waals surface area contributed by atoms with E-state index in [1.54, 1.807) is 24.6 Å². The van der Waals surface area contributed by atoms with Crippen LogP contribution in [0.2, 0.25) is 5.02 Å². The van der Waals surface area contributed by atoms with Gasteiger partial charge in [-0.15, -0.1) is 11.3 Å². The van der Waals surface area contributed by atoms with Crippen LogP contribution >= 0.6 is 22.9 Å². The molecule has 5 heteroatoms. The van der Waals surface area contributed by atoms with Crippen LogP contribution in [0.15, 0.2) is 29.8 Å². The number of halogens is 1. The third-order valence-electron chi connectivity index (χ3n) is 3.77. The van der Waals surface area contributed by atoms with Gasteiger partial charge in [0.05, 0.1) is 29.5 Å². The molecule has 2 aromatic heterocycles. The number of benzene rings is 1. The highest BCUT2D eigenvalue weighted by molar-refractivity contribution is 7.13. The van der Waals surface area contributed by atoms with Gasteiger partial charge in [0.1, 0.15) is 5.01 Å². The summed E-state index contributed by atoms with van der Waals surface area (Å²) in [5, 5.41) is 4.67. The Balaban J connectivity index is 1.94. The van der Waals surface area contributed by atoms with E-state index < -0.39 is 0 Å². The summed E-state index contributed by atoms with van der Waals surface area (Å²) in [6.45, 7) is 0. The monoisotopic (exact) mass is 316 g/mol. The Hall–Kier alpha value is -1.65. The predicted molar refractivity (Wildman–Crippen MR) is 86.4 cm³/mol. The number of methoxy groups -OCH3 is 1. The number of nitrogens with zero attached hydrogens (tertiary/aromatic N) is 2. The number of hydrogen-bond acceptors (Lipinski definition) is 4. The third kappa shape index (κ3) is 2.19. The number of fused-ring (bicyclic) bond motifs is 1. The minimum atomic E-state index is 0.593. The van der Waals surface area contributed by atoms with E-state index in [4.69, 9.17) is 21.3 Å². The van der Waals surface area contributed by atoms with Crippen molar-refractivity contribution in [3.05, 3.63) is 40.5 Å². The summed E-state index contributed by atoms with van der Waals surface area (Å²) in [7, 11) is 1.60. The Kier molecular flexibility index (Phi) is 3.08. The fourth-order valence-electron chi connectivity index (χ4n) is 2.48. The average Bonchev–Trinajstić information content (AvgIpc) is 3.25. The Bertz CT molecular complexity index is 826. The summed E-state index contributed by atoms with van der Waals surface area (Å²) in [4.78, 5) is 9.20. The number of hydrogen-bond donors (Lipinski definition) is 0. The van der Waals surface area contributed by atoms with Gasteiger partial charge in [-0.3, -0.25) is 4.98 Å². The predicted octanol–water partition coefficient (Wildman–Crippen LogP) is 4.90. The van der Waals surface area contributed by atoms with Crippen LogP contribution in [0.5, 0.6) is 5.75 Å². The van der Waals surface area contributed by atoms with Crippen molar-refractivity contribution in [1.29, 1.82) is 0 Å². The number of aromatic nitrogens is 2. The molecule has 1 aliphatic carbocycles. The maximum Gasteiger partial charge on any atom is 0.156 e. The zero-order chi connectivity index (χ0) is 14.4. The Morgan fingerprint density at radius 1 is 1.33 bits per heavy atom. The lowest BCUT2D eigenvalue weighted by atomic mass is 10.1. The molecule has 1 aromatic carbocycles. The summed E-state index contributed by atoms with van der Waals surface area (Å²) in [6.07, 6.45) is 4.18. The standard InChI is InChI=1S/C16H13ClN2OS/c1-20-13-7-18-11-4-2-3-10(14(11)15(13)17)16-19-12(8-21-16)9-5-6-9/h2-4,7-9H,5-6H2,1H3. The lowest BCUT2D eigenvalue weighted by molar-refractivity contribution is 0.414. The van der Waals surface area contributed by atoms with Crippen LogP contribution in [-0.2, 0) is 0 Å². The van der Waals surface area contributed by atoms with Crippen molar-refractivity contribution >= 4 is 33.8 Å². The molecule has 4 rings (SSSR count). The zero-order valence-electron chi connectivity index (χ0n) is 11.5. The summed E-state index contributed by atoms with van der Waals surface area (Å²) in [6, 6.07) is 6.00. The van der Waals surface area contributed by atoms with Crippen molar-refractivity contribution < 1.29 is 4.74 Å². The van der Waals surface area contributed by atoms with Crippen molar-refractivity contribution in [2.45, 2.75) is 18.8 Å². The van der Waals surface area contributed by atoms with Crippen LogP contribution in [0.25, 0.3) is 21.5 Å². The molecule has 106 valence electrons. The van der Waals surface area contributed by atoms with Crippen molar-refractivity contribution in [1.82, 2.24) is 9.97 Å². The molecule has 0 unspecified atom stereocenters. The van der Waals surface area contributed by atoms with Crippen LogP contribution < -0.4 is 4.74 Å². The minimum Gasteiger partial charge on any atom is -0.494 e. The summed E-state index contributed by atoms with van der Waals surface area (Å²) >= 11 is 8.16. The fourth-order valence-corrected chi connectivity index (χ4v) is 3.74. The molecular weight excluding hydrogens is 304 g/mol. The molecule has 1 aliphatic rings. The Labute approximate surface area is 131 Å². The van der Waals surface area contributed by atoms with Crippen molar-refractivity contribution in [2.24, 2.45) is 0 Å². The molecule has 0 aliphatic heterocycles. The summed E-state index contributed by atoms with van der Waals surface area (Å²) < 4.78 is 5.29. The van der Waals surface area contributed by atoms with Crippen LogP contribution in [0.4, 0.5) is 0 Å². The molecule has 3 nitrogen and oxygen atoms in total. The van der Waals surface area contributed by atoms with Gasteiger partial charge in [0.25, 0.3) is 0 Å². The molecule has 0 bridgehead atoms.